The third-order valence-corrected chi connectivity index (χ3v) is 6.01. The molecule has 0 saturated heterocycles. The van der Waals surface area contributed by atoms with E-state index in [2.05, 4.69) is 15.3 Å². The van der Waals surface area contributed by atoms with Gasteiger partial charge in [-0.15, -0.1) is 0 Å². The van der Waals surface area contributed by atoms with Crippen molar-refractivity contribution in [3.63, 3.8) is 0 Å². The minimum absolute atomic E-state index is 0.125. The lowest BCUT2D eigenvalue weighted by molar-refractivity contribution is -0.168. The number of aryl methyl sites for hydroxylation is 1. The standard InChI is InChI=1S/C25H30ClF2N3O4/c1-14(16-8-7-9-18(22(16)26)25(27,28)24(3,4)32)29-23-17-12-21(35-11-10-33-5)20(34-6)13-19(17)30-15(2)31-23/h7-9,12-14,32H,10-11H2,1-6H3,(H,29,30,31). The summed E-state index contributed by atoms with van der Waals surface area (Å²) in [6.45, 7) is 6.36. The number of halogens is 3. The second-order valence-corrected chi connectivity index (χ2v) is 9.07. The fraction of sp³-hybridized carbons (Fsp3) is 0.440. The number of rotatable bonds is 10. The highest BCUT2D eigenvalue weighted by Gasteiger charge is 2.48. The summed E-state index contributed by atoms with van der Waals surface area (Å²) >= 11 is 6.43. The molecule has 10 heteroatoms. The van der Waals surface area contributed by atoms with Gasteiger partial charge in [0, 0.05) is 24.1 Å². The Balaban J connectivity index is 2.03. The lowest BCUT2D eigenvalue weighted by Gasteiger charge is -2.31. The number of hydrogen-bond donors (Lipinski definition) is 2. The van der Waals surface area contributed by atoms with Crippen molar-refractivity contribution in [3.05, 3.63) is 52.3 Å². The third kappa shape index (κ3) is 5.58. The molecule has 1 atom stereocenters. The maximum atomic E-state index is 14.9. The van der Waals surface area contributed by atoms with Crippen LogP contribution in [0.25, 0.3) is 10.9 Å². The Kier molecular flexibility index (Phi) is 8.03. The van der Waals surface area contributed by atoms with Gasteiger partial charge >= 0.3 is 5.92 Å². The number of ether oxygens (including phenoxy) is 3. The van der Waals surface area contributed by atoms with Gasteiger partial charge in [-0.3, -0.25) is 0 Å². The van der Waals surface area contributed by atoms with Crippen molar-refractivity contribution in [1.82, 2.24) is 9.97 Å². The number of aliphatic hydroxyl groups is 1. The molecule has 1 aromatic heterocycles. The van der Waals surface area contributed by atoms with Gasteiger partial charge in [0.15, 0.2) is 11.5 Å². The lowest BCUT2D eigenvalue weighted by atomic mass is 9.91. The quantitative estimate of drug-likeness (QED) is 0.341. The molecule has 190 valence electrons. The number of aromatic nitrogens is 2. The van der Waals surface area contributed by atoms with E-state index in [-0.39, 0.29) is 5.02 Å². The first-order chi connectivity index (χ1) is 16.4. The molecule has 0 aliphatic heterocycles. The lowest BCUT2D eigenvalue weighted by Crippen LogP contribution is -2.40. The van der Waals surface area contributed by atoms with Gasteiger partial charge in [0.2, 0.25) is 0 Å². The monoisotopic (exact) mass is 509 g/mol. The van der Waals surface area contributed by atoms with Crippen LogP contribution in [0.15, 0.2) is 30.3 Å². The topological polar surface area (TPSA) is 85.7 Å². The van der Waals surface area contributed by atoms with Gasteiger partial charge in [-0.25, -0.2) is 9.97 Å². The van der Waals surface area contributed by atoms with Crippen LogP contribution in [0.3, 0.4) is 0 Å². The Morgan fingerprint density at radius 2 is 1.83 bits per heavy atom. The number of nitrogens with one attached hydrogen (secondary N) is 1. The van der Waals surface area contributed by atoms with Crippen LogP contribution < -0.4 is 14.8 Å². The van der Waals surface area contributed by atoms with E-state index < -0.39 is 23.1 Å². The molecule has 3 rings (SSSR count). The summed E-state index contributed by atoms with van der Waals surface area (Å²) < 4.78 is 46.1. The molecule has 1 unspecified atom stereocenters. The Labute approximate surface area is 208 Å². The van der Waals surface area contributed by atoms with Gasteiger partial charge in [0.05, 0.1) is 30.3 Å². The van der Waals surface area contributed by atoms with Gasteiger partial charge in [-0.2, -0.15) is 8.78 Å². The predicted octanol–water partition coefficient (Wildman–Crippen LogP) is 5.66. The van der Waals surface area contributed by atoms with Gasteiger partial charge in [0.25, 0.3) is 0 Å². The van der Waals surface area contributed by atoms with Crippen LogP contribution in [0.2, 0.25) is 5.02 Å². The Bertz CT molecular complexity index is 1200. The summed E-state index contributed by atoms with van der Waals surface area (Å²) in [6, 6.07) is 7.37. The summed E-state index contributed by atoms with van der Waals surface area (Å²) in [5, 5.41) is 13.8. The van der Waals surface area contributed by atoms with Crippen LogP contribution in [-0.4, -0.2) is 48.1 Å². The van der Waals surface area contributed by atoms with E-state index in [9.17, 15) is 13.9 Å². The molecule has 0 saturated carbocycles. The number of fused-ring (bicyclic) bond motifs is 1. The van der Waals surface area contributed by atoms with Crippen molar-refractivity contribution in [2.75, 3.05) is 32.8 Å². The molecule has 0 radical (unpaired) electrons. The van der Waals surface area contributed by atoms with Crippen LogP contribution in [0, 0.1) is 6.92 Å². The normalized spacial score (nSPS) is 13.1. The maximum absolute atomic E-state index is 14.9. The molecule has 0 spiro atoms. The molecular weight excluding hydrogens is 480 g/mol. The fourth-order valence-corrected chi connectivity index (χ4v) is 4.02. The molecule has 7 nitrogen and oxygen atoms in total. The van der Waals surface area contributed by atoms with Crippen molar-refractivity contribution in [3.8, 4) is 11.5 Å². The first-order valence-corrected chi connectivity index (χ1v) is 11.4. The van der Waals surface area contributed by atoms with Crippen LogP contribution in [-0.2, 0) is 10.7 Å². The summed E-state index contributed by atoms with van der Waals surface area (Å²) in [7, 11) is 3.12. The van der Waals surface area contributed by atoms with Crippen molar-refractivity contribution in [2.24, 2.45) is 0 Å². The molecular formula is C25H30ClF2N3O4. The molecule has 0 bridgehead atoms. The second kappa shape index (κ2) is 10.5. The van der Waals surface area contributed by atoms with Crippen molar-refractivity contribution in [2.45, 2.75) is 45.3 Å². The number of alkyl halides is 2. The van der Waals surface area contributed by atoms with Crippen molar-refractivity contribution < 1.29 is 28.1 Å². The SMILES string of the molecule is COCCOc1cc2c(NC(C)c3cccc(C(F)(F)C(C)(C)O)c3Cl)nc(C)nc2cc1OC. The van der Waals surface area contributed by atoms with Crippen LogP contribution in [0.1, 0.15) is 43.8 Å². The number of hydrogen-bond acceptors (Lipinski definition) is 7. The molecule has 0 aliphatic rings. The van der Waals surface area contributed by atoms with Crippen LogP contribution in [0.4, 0.5) is 14.6 Å². The summed E-state index contributed by atoms with van der Waals surface area (Å²) in [5.41, 5.74) is -1.68. The molecule has 2 aromatic carbocycles. The second-order valence-electron chi connectivity index (χ2n) is 8.69. The van der Waals surface area contributed by atoms with Crippen molar-refractivity contribution >= 4 is 28.3 Å². The maximum Gasteiger partial charge on any atom is 0.302 e. The van der Waals surface area contributed by atoms with Gasteiger partial charge in [-0.1, -0.05) is 29.8 Å². The summed E-state index contributed by atoms with van der Waals surface area (Å²) in [5.74, 6) is -1.56. The largest absolute Gasteiger partial charge is 0.493 e. The smallest absolute Gasteiger partial charge is 0.302 e. The number of benzene rings is 2. The third-order valence-electron chi connectivity index (χ3n) is 5.59. The highest BCUT2D eigenvalue weighted by atomic mass is 35.5. The van der Waals surface area contributed by atoms with E-state index in [1.807, 2.05) is 0 Å². The zero-order chi connectivity index (χ0) is 26.0. The average Bonchev–Trinajstić information content (AvgIpc) is 2.78. The molecule has 0 aliphatic carbocycles. The highest BCUT2D eigenvalue weighted by molar-refractivity contribution is 6.32. The molecule has 2 N–H and O–H groups in total. The highest BCUT2D eigenvalue weighted by Crippen LogP contribution is 2.44. The first-order valence-electron chi connectivity index (χ1n) is 11.0. The number of anilines is 1. The van der Waals surface area contributed by atoms with E-state index >= 15 is 0 Å². The van der Waals surface area contributed by atoms with E-state index in [0.717, 1.165) is 13.8 Å². The molecule has 0 amide bonds. The van der Waals surface area contributed by atoms with E-state index in [1.54, 1.807) is 39.2 Å². The van der Waals surface area contributed by atoms with Gasteiger partial charge in [0.1, 0.15) is 23.9 Å². The predicted molar refractivity (Wildman–Crippen MR) is 132 cm³/mol. The average molecular weight is 510 g/mol. The Hall–Kier alpha value is -2.75. The van der Waals surface area contributed by atoms with Gasteiger partial charge < -0.3 is 24.6 Å². The van der Waals surface area contributed by atoms with Crippen LogP contribution >= 0.6 is 11.6 Å². The number of nitrogens with zero attached hydrogens (tertiary/aromatic N) is 2. The zero-order valence-electron chi connectivity index (χ0n) is 20.6. The van der Waals surface area contributed by atoms with Gasteiger partial charge in [-0.05, 0) is 39.3 Å². The first kappa shape index (κ1) is 26.8. The molecule has 35 heavy (non-hydrogen) atoms. The molecule has 0 fully saturated rings. The zero-order valence-corrected chi connectivity index (χ0v) is 21.3. The fourth-order valence-electron chi connectivity index (χ4n) is 3.61. The minimum Gasteiger partial charge on any atom is -0.493 e. The van der Waals surface area contributed by atoms with Crippen molar-refractivity contribution in [1.29, 1.82) is 0 Å². The summed E-state index contributed by atoms with van der Waals surface area (Å²) in [4.78, 5) is 9.01. The number of methoxy groups -OCH3 is 2. The van der Waals surface area contributed by atoms with E-state index in [0.29, 0.717) is 52.8 Å². The van der Waals surface area contributed by atoms with E-state index in [1.165, 1.54) is 19.2 Å². The molecule has 3 aromatic rings. The molecule has 1 heterocycles. The Morgan fingerprint density at radius 1 is 1.11 bits per heavy atom. The van der Waals surface area contributed by atoms with E-state index in [4.69, 9.17) is 25.8 Å². The summed E-state index contributed by atoms with van der Waals surface area (Å²) in [6.07, 6.45) is 0. The minimum atomic E-state index is -3.55. The Morgan fingerprint density at radius 3 is 2.46 bits per heavy atom. The van der Waals surface area contributed by atoms with Crippen LogP contribution in [0.5, 0.6) is 11.5 Å².